The molecule has 1 nitrogen and oxygen atoms in total. The summed E-state index contributed by atoms with van der Waals surface area (Å²) in [5.41, 5.74) is 0.764. The Hall–Kier alpha value is -0.410. The molecule has 0 aliphatic heterocycles. The van der Waals surface area contributed by atoms with E-state index in [9.17, 15) is 4.39 Å². The molecule has 2 fully saturated rings. The molecule has 0 saturated heterocycles. The van der Waals surface area contributed by atoms with Crippen LogP contribution in [0.15, 0.2) is 22.7 Å². The second-order valence-corrected chi connectivity index (χ2v) is 7.05. The SMILES string of the molecule is CC(NCC(C1CC1)C1CC1)c1cc(Br)ccc1F. The number of nitrogens with one attached hydrogen (secondary N) is 1. The van der Waals surface area contributed by atoms with Gasteiger partial charge in [0.2, 0.25) is 0 Å². The Balaban J connectivity index is 1.60. The van der Waals surface area contributed by atoms with Crippen molar-refractivity contribution >= 4 is 15.9 Å². The van der Waals surface area contributed by atoms with Crippen LogP contribution in [0.5, 0.6) is 0 Å². The van der Waals surface area contributed by atoms with E-state index < -0.39 is 0 Å². The number of benzene rings is 1. The lowest BCUT2D eigenvalue weighted by Gasteiger charge is -2.21. The van der Waals surface area contributed by atoms with Crippen LogP contribution in [0, 0.1) is 23.6 Å². The minimum Gasteiger partial charge on any atom is -0.310 e. The van der Waals surface area contributed by atoms with Crippen molar-refractivity contribution in [1.82, 2.24) is 5.32 Å². The van der Waals surface area contributed by atoms with Gasteiger partial charge in [-0.1, -0.05) is 15.9 Å². The average molecular weight is 326 g/mol. The van der Waals surface area contributed by atoms with Crippen molar-refractivity contribution in [3.05, 3.63) is 34.1 Å². The van der Waals surface area contributed by atoms with Gasteiger partial charge < -0.3 is 5.32 Å². The Labute approximate surface area is 123 Å². The zero-order valence-corrected chi connectivity index (χ0v) is 12.9. The quantitative estimate of drug-likeness (QED) is 0.801. The lowest BCUT2D eigenvalue weighted by molar-refractivity contribution is 0.359. The van der Waals surface area contributed by atoms with Crippen LogP contribution in [0.2, 0.25) is 0 Å². The van der Waals surface area contributed by atoms with Crippen LogP contribution in [0.4, 0.5) is 4.39 Å². The summed E-state index contributed by atoms with van der Waals surface area (Å²) in [7, 11) is 0. The van der Waals surface area contributed by atoms with Crippen LogP contribution in [0.1, 0.15) is 44.2 Å². The summed E-state index contributed by atoms with van der Waals surface area (Å²) < 4.78 is 14.8. The zero-order chi connectivity index (χ0) is 13.4. The fraction of sp³-hybridized carbons (Fsp3) is 0.625. The first kappa shape index (κ1) is 13.6. The Morgan fingerprint density at radius 3 is 2.47 bits per heavy atom. The van der Waals surface area contributed by atoms with Crippen molar-refractivity contribution in [3.63, 3.8) is 0 Å². The maximum Gasteiger partial charge on any atom is 0.128 e. The first-order valence-corrected chi connectivity index (χ1v) is 8.13. The summed E-state index contributed by atoms with van der Waals surface area (Å²) in [6.45, 7) is 3.10. The standard InChI is InChI=1S/C16H21BrFN/c1-10(14-8-13(17)6-7-16(14)18)19-9-15(11-2-3-11)12-4-5-12/h6-8,10-12,15,19H,2-5,9H2,1H3. The van der Waals surface area contributed by atoms with Crippen LogP contribution in [-0.4, -0.2) is 6.54 Å². The van der Waals surface area contributed by atoms with Crippen molar-refractivity contribution in [2.24, 2.45) is 17.8 Å². The molecule has 2 saturated carbocycles. The summed E-state index contributed by atoms with van der Waals surface area (Å²) in [6, 6.07) is 5.26. The minimum absolute atomic E-state index is 0.0810. The number of halogens is 2. The smallest absolute Gasteiger partial charge is 0.128 e. The van der Waals surface area contributed by atoms with E-state index in [0.717, 1.165) is 34.3 Å². The molecule has 0 bridgehead atoms. The molecule has 1 aromatic carbocycles. The molecular weight excluding hydrogens is 305 g/mol. The molecule has 0 aromatic heterocycles. The first-order chi connectivity index (χ1) is 9.15. The Morgan fingerprint density at radius 2 is 1.89 bits per heavy atom. The van der Waals surface area contributed by atoms with Gasteiger partial charge in [0.05, 0.1) is 0 Å². The normalized spacial score (nSPS) is 20.8. The summed E-state index contributed by atoms with van der Waals surface area (Å²) in [6.07, 6.45) is 5.62. The summed E-state index contributed by atoms with van der Waals surface area (Å²) >= 11 is 3.42. The highest BCUT2D eigenvalue weighted by molar-refractivity contribution is 9.10. The third-order valence-electron chi connectivity index (χ3n) is 4.54. The molecule has 0 spiro atoms. The fourth-order valence-electron chi connectivity index (χ4n) is 3.04. The van der Waals surface area contributed by atoms with Gasteiger partial charge in [0.15, 0.2) is 0 Å². The topological polar surface area (TPSA) is 12.0 Å². The molecule has 1 unspecified atom stereocenters. The molecular formula is C16H21BrFN. The molecule has 0 heterocycles. The van der Waals surface area contributed by atoms with Gasteiger partial charge in [0, 0.05) is 16.1 Å². The van der Waals surface area contributed by atoms with Crippen molar-refractivity contribution in [1.29, 1.82) is 0 Å². The van der Waals surface area contributed by atoms with Crippen molar-refractivity contribution in [3.8, 4) is 0 Å². The molecule has 0 radical (unpaired) electrons. The highest BCUT2D eigenvalue weighted by atomic mass is 79.9. The Bertz CT molecular complexity index is 442. The predicted octanol–water partition coefficient (Wildman–Crippen LogP) is 4.68. The highest BCUT2D eigenvalue weighted by Gasteiger charge is 2.41. The van der Waals surface area contributed by atoms with Crippen LogP contribution < -0.4 is 5.32 Å². The van der Waals surface area contributed by atoms with Crippen molar-refractivity contribution in [2.75, 3.05) is 6.54 Å². The fourth-order valence-corrected chi connectivity index (χ4v) is 3.42. The maximum atomic E-state index is 13.8. The Kier molecular flexibility index (Phi) is 3.95. The van der Waals surface area contributed by atoms with E-state index in [1.165, 1.54) is 31.7 Å². The maximum absolute atomic E-state index is 13.8. The van der Waals surface area contributed by atoms with Crippen molar-refractivity contribution < 1.29 is 4.39 Å². The number of hydrogen-bond acceptors (Lipinski definition) is 1. The van der Waals surface area contributed by atoms with Gasteiger partial charge in [-0.3, -0.25) is 0 Å². The van der Waals surface area contributed by atoms with E-state index >= 15 is 0 Å². The second-order valence-electron chi connectivity index (χ2n) is 6.13. The molecule has 19 heavy (non-hydrogen) atoms. The summed E-state index contributed by atoms with van der Waals surface area (Å²) in [4.78, 5) is 0. The van der Waals surface area contributed by atoms with Crippen molar-refractivity contribution in [2.45, 2.75) is 38.6 Å². The van der Waals surface area contributed by atoms with E-state index in [0.29, 0.717) is 0 Å². The molecule has 104 valence electrons. The van der Waals surface area contributed by atoms with Crippen LogP contribution in [0.3, 0.4) is 0 Å². The monoisotopic (exact) mass is 325 g/mol. The zero-order valence-electron chi connectivity index (χ0n) is 11.3. The largest absolute Gasteiger partial charge is 0.310 e. The Morgan fingerprint density at radius 1 is 1.26 bits per heavy atom. The van der Waals surface area contributed by atoms with E-state index in [1.54, 1.807) is 6.07 Å². The van der Waals surface area contributed by atoms with Crippen LogP contribution in [0.25, 0.3) is 0 Å². The minimum atomic E-state index is -0.113. The van der Waals surface area contributed by atoms with Crippen LogP contribution >= 0.6 is 15.9 Å². The number of hydrogen-bond donors (Lipinski definition) is 1. The van der Waals surface area contributed by atoms with E-state index in [4.69, 9.17) is 0 Å². The van der Waals surface area contributed by atoms with Crippen LogP contribution in [-0.2, 0) is 0 Å². The lowest BCUT2D eigenvalue weighted by atomic mass is 9.97. The third kappa shape index (κ3) is 3.38. The molecule has 0 amide bonds. The third-order valence-corrected chi connectivity index (χ3v) is 5.03. The van der Waals surface area contributed by atoms with E-state index in [2.05, 4.69) is 28.2 Å². The van der Waals surface area contributed by atoms with Gasteiger partial charge in [-0.15, -0.1) is 0 Å². The van der Waals surface area contributed by atoms with Gasteiger partial charge >= 0.3 is 0 Å². The second kappa shape index (κ2) is 5.53. The van der Waals surface area contributed by atoms with E-state index in [1.807, 2.05) is 6.07 Å². The molecule has 1 aromatic rings. The molecule has 3 rings (SSSR count). The summed E-state index contributed by atoms with van der Waals surface area (Å²) in [5, 5.41) is 3.55. The highest BCUT2D eigenvalue weighted by Crippen LogP contribution is 2.49. The van der Waals surface area contributed by atoms with E-state index in [-0.39, 0.29) is 11.9 Å². The molecule has 1 atom stereocenters. The summed E-state index contributed by atoms with van der Waals surface area (Å²) in [5.74, 6) is 2.61. The van der Waals surface area contributed by atoms with Gasteiger partial charge in [-0.2, -0.15) is 0 Å². The molecule has 3 heteroatoms. The molecule has 2 aliphatic carbocycles. The lowest BCUT2D eigenvalue weighted by Crippen LogP contribution is -2.28. The average Bonchev–Trinajstić information content (AvgIpc) is 3.25. The molecule has 1 N–H and O–H groups in total. The van der Waals surface area contributed by atoms with Gasteiger partial charge in [-0.05, 0) is 75.1 Å². The van der Waals surface area contributed by atoms with Gasteiger partial charge in [0.1, 0.15) is 5.82 Å². The number of rotatable bonds is 6. The molecule has 2 aliphatic rings. The van der Waals surface area contributed by atoms with Gasteiger partial charge in [0.25, 0.3) is 0 Å². The first-order valence-electron chi connectivity index (χ1n) is 7.33. The van der Waals surface area contributed by atoms with Gasteiger partial charge in [-0.25, -0.2) is 4.39 Å². The predicted molar refractivity (Wildman–Crippen MR) is 79.5 cm³/mol.